The van der Waals surface area contributed by atoms with Gasteiger partial charge in [0.15, 0.2) is 0 Å². The van der Waals surface area contributed by atoms with E-state index in [1.807, 2.05) is 25.2 Å². The van der Waals surface area contributed by atoms with E-state index in [1.54, 1.807) is 17.8 Å². The number of anilines is 1. The Kier molecular flexibility index (Phi) is 3.58. The quantitative estimate of drug-likeness (QED) is 0.652. The summed E-state index contributed by atoms with van der Waals surface area (Å²) in [4.78, 5) is 14.1. The Bertz CT molecular complexity index is 561. The zero-order valence-electron chi connectivity index (χ0n) is 9.88. The molecule has 1 aromatic carbocycles. The number of fused-ring (bicyclic) bond motifs is 1. The predicted molar refractivity (Wildman–Crippen MR) is 71.7 cm³/mol. The summed E-state index contributed by atoms with van der Waals surface area (Å²) in [6.45, 7) is 1.01. The van der Waals surface area contributed by atoms with Crippen molar-refractivity contribution in [2.75, 3.05) is 24.2 Å². The van der Waals surface area contributed by atoms with Crippen LogP contribution in [0.15, 0.2) is 28.7 Å². The van der Waals surface area contributed by atoms with Crippen molar-refractivity contribution in [3.63, 3.8) is 0 Å². The lowest BCUT2D eigenvalue weighted by Gasteiger charge is -2.27. The van der Waals surface area contributed by atoms with Crippen LogP contribution in [0.5, 0.6) is 0 Å². The molecule has 5 heteroatoms. The van der Waals surface area contributed by atoms with Gasteiger partial charge >= 0.3 is 5.97 Å². The van der Waals surface area contributed by atoms with Gasteiger partial charge in [-0.3, -0.25) is 0 Å². The summed E-state index contributed by atoms with van der Waals surface area (Å²) < 4.78 is 0. The number of carboxylic acids is 1. The number of hydrogen-bond donors (Lipinski definition) is 1. The molecule has 2 rings (SSSR count). The topological polar surface area (TPSA) is 64.3 Å². The minimum atomic E-state index is -1.19. The van der Waals surface area contributed by atoms with E-state index in [2.05, 4.69) is 4.90 Å². The molecule has 1 aromatic rings. The van der Waals surface area contributed by atoms with Gasteiger partial charge in [0, 0.05) is 24.2 Å². The molecule has 0 saturated heterocycles. The Morgan fingerprint density at radius 3 is 3.06 bits per heavy atom. The number of hydrogen-bond acceptors (Lipinski definition) is 4. The summed E-state index contributed by atoms with van der Waals surface area (Å²) in [5.41, 5.74) is 1.65. The molecule has 0 amide bonds. The highest BCUT2D eigenvalue weighted by Crippen LogP contribution is 2.34. The summed E-state index contributed by atoms with van der Waals surface area (Å²) >= 11 is 1.75. The maximum absolute atomic E-state index is 10.8. The van der Waals surface area contributed by atoms with Gasteiger partial charge in [0.25, 0.3) is 0 Å². The van der Waals surface area contributed by atoms with E-state index in [0.717, 1.165) is 28.4 Å². The molecule has 92 valence electrons. The number of nitriles is 1. The SMILES string of the molecule is CN1CCSc2cc(/C=C(\C#N)C(=O)O)ccc21. The molecule has 1 N–H and O–H groups in total. The number of carboxylic acid groups (broad SMARTS) is 1. The fourth-order valence-electron chi connectivity index (χ4n) is 1.77. The number of nitrogens with zero attached hydrogens (tertiary/aromatic N) is 2. The first-order valence-electron chi connectivity index (χ1n) is 5.45. The lowest BCUT2D eigenvalue weighted by atomic mass is 10.1. The zero-order valence-corrected chi connectivity index (χ0v) is 10.7. The van der Waals surface area contributed by atoms with E-state index in [4.69, 9.17) is 10.4 Å². The summed E-state index contributed by atoms with van der Waals surface area (Å²) in [7, 11) is 2.03. The molecule has 1 heterocycles. The first-order valence-corrected chi connectivity index (χ1v) is 6.43. The molecule has 0 radical (unpaired) electrons. The van der Waals surface area contributed by atoms with Gasteiger partial charge in [-0.15, -0.1) is 11.8 Å². The molecule has 1 aliphatic heterocycles. The second kappa shape index (κ2) is 5.15. The molecule has 18 heavy (non-hydrogen) atoms. The van der Waals surface area contributed by atoms with Gasteiger partial charge in [-0.2, -0.15) is 5.26 Å². The summed E-state index contributed by atoms with van der Waals surface area (Å²) in [5, 5.41) is 17.5. The summed E-state index contributed by atoms with van der Waals surface area (Å²) in [5.74, 6) is -0.180. The first kappa shape index (κ1) is 12.5. The maximum atomic E-state index is 10.8. The van der Waals surface area contributed by atoms with Crippen LogP contribution in [-0.2, 0) is 4.79 Å². The van der Waals surface area contributed by atoms with Crippen molar-refractivity contribution < 1.29 is 9.90 Å². The smallest absolute Gasteiger partial charge is 0.346 e. The fraction of sp³-hybridized carbons (Fsp3) is 0.231. The van der Waals surface area contributed by atoms with Gasteiger partial charge in [0.2, 0.25) is 0 Å². The molecule has 4 nitrogen and oxygen atoms in total. The van der Waals surface area contributed by atoms with Crippen molar-refractivity contribution in [1.29, 1.82) is 5.26 Å². The van der Waals surface area contributed by atoms with Crippen molar-refractivity contribution >= 4 is 29.5 Å². The molecule has 0 saturated carbocycles. The lowest BCUT2D eigenvalue weighted by Crippen LogP contribution is -2.24. The molecular formula is C13H12N2O2S. The van der Waals surface area contributed by atoms with Gasteiger partial charge < -0.3 is 10.0 Å². The number of rotatable bonds is 2. The van der Waals surface area contributed by atoms with E-state index < -0.39 is 5.97 Å². The predicted octanol–water partition coefficient (Wildman–Crippen LogP) is 2.22. The van der Waals surface area contributed by atoms with E-state index >= 15 is 0 Å². The average molecular weight is 260 g/mol. The van der Waals surface area contributed by atoms with Crippen molar-refractivity contribution in [2.24, 2.45) is 0 Å². The van der Waals surface area contributed by atoms with Crippen LogP contribution in [-0.4, -0.2) is 30.4 Å². The minimum absolute atomic E-state index is 0.246. The third kappa shape index (κ3) is 2.49. The average Bonchev–Trinajstić information content (AvgIpc) is 2.35. The van der Waals surface area contributed by atoms with Gasteiger partial charge in [0.05, 0.1) is 5.69 Å². The summed E-state index contributed by atoms with van der Waals surface area (Å²) in [6, 6.07) is 7.41. The third-order valence-corrected chi connectivity index (χ3v) is 3.77. The van der Waals surface area contributed by atoms with Crippen LogP contribution in [0.1, 0.15) is 5.56 Å². The van der Waals surface area contributed by atoms with Crippen LogP contribution in [0.2, 0.25) is 0 Å². The van der Waals surface area contributed by atoms with Crippen molar-refractivity contribution in [1.82, 2.24) is 0 Å². The summed E-state index contributed by atoms with van der Waals surface area (Å²) in [6.07, 6.45) is 1.40. The van der Waals surface area contributed by atoms with Gasteiger partial charge in [-0.05, 0) is 23.8 Å². The Labute approximate surface area is 110 Å². The van der Waals surface area contributed by atoms with E-state index in [9.17, 15) is 4.79 Å². The van der Waals surface area contributed by atoms with Crippen molar-refractivity contribution in [2.45, 2.75) is 4.90 Å². The van der Waals surface area contributed by atoms with Crippen molar-refractivity contribution in [3.05, 3.63) is 29.3 Å². The second-order valence-electron chi connectivity index (χ2n) is 3.97. The number of thioether (sulfide) groups is 1. The fourth-order valence-corrected chi connectivity index (χ4v) is 2.95. The number of carbonyl (C=O) groups is 1. The monoisotopic (exact) mass is 260 g/mol. The van der Waals surface area contributed by atoms with E-state index in [0.29, 0.717) is 0 Å². The van der Waals surface area contributed by atoms with Crippen molar-refractivity contribution in [3.8, 4) is 6.07 Å². The van der Waals surface area contributed by atoms with Crippen LogP contribution in [0.25, 0.3) is 6.08 Å². The lowest BCUT2D eigenvalue weighted by molar-refractivity contribution is -0.132. The highest BCUT2D eigenvalue weighted by atomic mass is 32.2. The molecular weight excluding hydrogens is 248 g/mol. The molecule has 0 atom stereocenters. The number of aliphatic carboxylic acids is 1. The molecule has 0 fully saturated rings. The van der Waals surface area contributed by atoms with Crippen LogP contribution in [0.3, 0.4) is 0 Å². The first-order chi connectivity index (χ1) is 8.61. The van der Waals surface area contributed by atoms with E-state index in [-0.39, 0.29) is 5.57 Å². The Hall–Kier alpha value is -1.93. The Morgan fingerprint density at radius 1 is 1.61 bits per heavy atom. The highest BCUT2D eigenvalue weighted by Gasteiger charge is 2.14. The maximum Gasteiger partial charge on any atom is 0.346 e. The molecule has 0 spiro atoms. The molecule has 0 aromatic heterocycles. The second-order valence-corrected chi connectivity index (χ2v) is 5.11. The number of benzene rings is 1. The van der Waals surface area contributed by atoms with Gasteiger partial charge in [-0.25, -0.2) is 4.79 Å². The third-order valence-electron chi connectivity index (χ3n) is 2.74. The normalized spacial score (nSPS) is 14.9. The van der Waals surface area contributed by atoms with Crippen LogP contribution < -0.4 is 4.90 Å². The standard InChI is InChI=1S/C13H12N2O2S/c1-15-4-5-18-12-7-9(2-3-11(12)15)6-10(8-14)13(16)17/h2-3,6-7H,4-5H2,1H3,(H,16,17)/b10-6+. The molecule has 0 aliphatic carbocycles. The Balaban J connectivity index is 2.38. The minimum Gasteiger partial charge on any atom is -0.477 e. The Morgan fingerprint density at radius 2 is 2.39 bits per heavy atom. The van der Waals surface area contributed by atoms with Crippen LogP contribution >= 0.6 is 11.8 Å². The van der Waals surface area contributed by atoms with E-state index in [1.165, 1.54) is 6.08 Å². The molecule has 1 aliphatic rings. The molecule has 0 unspecified atom stereocenters. The van der Waals surface area contributed by atoms with Gasteiger partial charge in [-0.1, -0.05) is 6.07 Å². The van der Waals surface area contributed by atoms with Crippen LogP contribution in [0, 0.1) is 11.3 Å². The largest absolute Gasteiger partial charge is 0.477 e. The zero-order chi connectivity index (χ0) is 13.1. The van der Waals surface area contributed by atoms with Gasteiger partial charge in [0.1, 0.15) is 11.6 Å². The molecule has 0 bridgehead atoms. The van der Waals surface area contributed by atoms with Crippen LogP contribution in [0.4, 0.5) is 5.69 Å². The highest BCUT2D eigenvalue weighted by molar-refractivity contribution is 7.99.